The number of aromatic nitrogens is 1. The van der Waals surface area contributed by atoms with E-state index in [0.29, 0.717) is 11.8 Å². The van der Waals surface area contributed by atoms with Crippen molar-refractivity contribution in [2.24, 2.45) is 0 Å². The monoisotopic (exact) mass is 341 g/mol. The van der Waals surface area contributed by atoms with Crippen molar-refractivity contribution < 1.29 is 18.3 Å². The average molecular weight is 341 g/mol. The van der Waals surface area contributed by atoms with Crippen LogP contribution in [0.5, 0.6) is 0 Å². The third-order valence-electron chi connectivity index (χ3n) is 4.77. The van der Waals surface area contributed by atoms with Gasteiger partial charge in [-0.3, -0.25) is 4.79 Å². The quantitative estimate of drug-likeness (QED) is 0.668. The van der Waals surface area contributed by atoms with Gasteiger partial charge in [0.05, 0.1) is 17.2 Å². The Labute approximate surface area is 143 Å². The van der Waals surface area contributed by atoms with Crippen molar-refractivity contribution in [1.29, 1.82) is 0 Å². The molecule has 5 heteroatoms. The zero-order chi connectivity index (χ0) is 17.4. The van der Waals surface area contributed by atoms with Crippen LogP contribution in [0.2, 0.25) is 0 Å². The molecule has 1 saturated heterocycles. The molecule has 2 aromatic carbocycles. The number of H-pyrrole nitrogens is 1. The van der Waals surface area contributed by atoms with Crippen LogP contribution in [0.1, 0.15) is 41.3 Å². The molecule has 0 spiro atoms. The zero-order valence-electron chi connectivity index (χ0n) is 13.5. The molecule has 0 aliphatic carbocycles. The van der Waals surface area contributed by atoms with Crippen molar-refractivity contribution in [2.75, 3.05) is 6.61 Å². The summed E-state index contributed by atoms with van der Waals surface area (Å²) in [5.74, 6) is -1.38. The lowest BCUT2D eigenvalue weighted by molar-refractivity contribution is 0.0149. The van der Waals surface area contributed by atoms with Crippen LogP contribution in [0.15, 0.2) is 36.5 Å². The van der Waals surface area contributed by atoms with Gasteiger partial charge in [-0.15, -0.1) is 0 Å². The maximum Gasteiger partial charge on any atom is 0.152 e. The molecule has 1 aliphatic heterocycles. The average Bonchev–Trinajstić information content (AvgIpc) is 3.06. The Morgan fingerprint density at radius 2 is 1.96 bits per heavy atom. The molecule has 0 radical (unpaired) electrons. The topological polar surface area (TPSA) is 42.1 Å². The molecule has 0 bridgehead atoms. The first-order chi connectivity index (χ1) is 12.2. The highest BCUT2D eigenvalue weighted by atomic mass is 19.1. The first-order valence-corrected chi connectivity index (χ1v) is 8.35. The highest BCUT2D eigenvalue weighted by Crippen LogP contribution is 2.34. The summed E-state index contributed by atoms with van der Waals surface area (Å²) in [7, 11) is 0. The van der Waals surface area contributed by atoms with Crippen LogP contribution in [0, 0.1) is 11.6 Å². The van der Waals surface area contributed by atoms with E-state index in [1.165, 1.54) is 12.3 Å². The summed E-state index contributed by atoms with van der Waals surface area (Å²) in [5.41, 5.74) is 1.79. The van der Waals surface area contributed by atoms with Gasteiger partial charge in [0.25, 0.3) is 0 Å². The number of carbonyl (C=O) groups is 1. The Hall–Kier alpha value is -2.53. The molecule has 25 heavy (non-hydrogen) atoms. The van der Waals surface area contributed by atoms with Crippen LogP contribution < -0.4 is 0 Å². The second kappa shape index (κ2) is 6.41. The molecule has 4 rings (SSSR count). The number of fused-ring (bicyclic) bond motifs is 1. The van der Waals surface area contributed by atoms with Crippen LogP contribution >= 0.6 is 0 Å². The van der Waals surface area contributed by atoms with Gasteiger partial charge in [0, 0.05) is 23.8 Å². The molecule has 0 saturated carbocycles. The van der Waals surface area contributed by atoms with Crippen molar-refractivity contribution in [2.45, 2.75) is 25.4 Å². The van der Waals surface area contributed by atoms with Crippen LogP contribution in [-0.4, -0.2) is 17.9 Å². The molecule has 3 aromatic rings. The molecule has 1 fully saturated rings. The number of ether oxygens (including phenoxy) is 1. The van der Waals surface area contributed by atoms with Crippen molar-refractivity contribution in [1.82, 2.24) is 4.98 Å². The standard InChI is InChI=1S/C20H17F2NO2/c21-15-9-16-19(14(11-24)10-23-16)20(22)18(15)13-6-4-12(5-7-13)17-3-1-2-8-25-17/h4-7,9-11,17,23H,1-3,8H2/t17-/m1/s1. The lowest BCUT2D eigenvalue weighted by atomic mass is 9.96. The smallest absolute Gasteiger partial charge is 0.152 e. The fourth-order valence-electron chi connectivity index (χ4n) is 3.47. The number of aromatic amines is 1. The molecule has 1 aromatic heterocycles. The van der Waals surface area contributed by atoms with Crippen LogP contribution in [0.25, 0.3) is 22.0 Å². The molecular weight excluding hydrogens is 324 g/mol. The first kappa shape index (κ1) is 16.0. The van der Waals surface area contributed by atoms with Gasteiger partial charge in [-0.2, -0.15) is 0 Å². The normalized spacial score (nSPS) is 17.8. The largest absolute Gasteiger partial charge is 0.374 e. The molecule has 128 valence electrons. The lowest BCUT2D eigenvalue weighted by Crippen LogP contribution is -2.11. The molecule has 1 atom stereocenters. The second-order valence-corrected chi connectivity index (χ2v) is 6.31. The zero-order valence-corrected chi connectivity index (χ0v) is 13.5. The van der Waals surface area contributed by atoms with Gasteiger partial charge < -0.3 is 9.72 Å². The SMILES string of the molecule is O=Cc1c[nH]c2cc(F)c(-c3ccc([C@H]4CCCCO4)cc3)c(F)c12. The number of aldehydes is 1. The van der Waals surface area contributed by atoms with Gasteiger partial charge in [-0.1, -0.05) is 24.3 Å². The summed E-state index contributed by atoms with van der Waals surface area (Å²) in [5, 5.41) is 0.117. The van der Waals surface area contributed by atoms with Gasteiger partial charge in [0.1, 0.15) is 11.6 Å². The van der Waals surface area contributed by atoms with E-state index < -0.39 is 11.6 Å². The van der Waals surface area contributed by atoms with E-state index in [1.54, 1.807) is 12.1 Å². The van der Waals surface area contributed by atoms with E-state index in [9.17, 15) is 13.6 Å². The first-order valence-electron chi connectivity index (χ1n) is 8.35. The molecular formula is C20H17F2NO2. The van der Waals surface area contributed by atoms with Gasteiger partial charge >= 0.3 is 0 Å². The fourth-order valence-corrected chi connectivity index (χ4v) is 3.47. The third-order valence-corrected chi connectivity index (χ3v) is 4.77. The highest BCUT2D eigenvalue weighted by molar-refractivity contribution is 5.99. The Kier molecular flexibility index (Phi) is 4.09. The van der Waals surface area contributed by atoms with E-state index in [2.05, 4.69) is 4.98 Å². The molecule has 0 unspecified atom stereocenters. The van der Waals surface area contributed by atoms with Crippen LogP contribution in [0.4, 0.5) is 8.78 Å². The third kappa shape index (κ3) is 2.74. The molecule has 2 heterocycles. The van der Waals surface area contributed by atoms with Crippen molar-refractivity contribution in [3.8, 4) is 11.1 Å². The number of rotatable bonds is 3. The van der Waals surface area contributed by atoms with Gasteiger partial charge in [0.15, 0.2) is 6.29 Å². The van der Waals surface area contributed by atoms with Gasteiger partial charge in [-0.25, -0.2) is 8.78 Å². The number of halogens is 2. The highest BCUT2D eigenvalue weighted by Gasteiger charge is 2.20. The number of carbonyl (C=O) groups excluding carboxylic acids is 1. The van der Waals surface area contributed by atoms with E-state index >= 15 is 0 Å². The Bertz CT molecular complexity index is 925. The maximum atomic E-state index is 14.9. The Balaban J connectivity index is 1.77. The van der Waals surface area contributed by atoms with Gasteiger partial charge in [-0.05, 0) is 36.5 Å². The Morgan fingerprint density at radius 1 is 1.16 bits per heavy atom. The number of hydrogen-bond donors (Lipinski definition) is 1. The number of hydrogen-bond acceptors (Lipinski definition) is 2. The van der Waals surface area contributed by atoms with Crippen LogP contribution in [-0.2, 0) is 4.74 Å². The molecule has 0 amide bonds. The fraction of sp³-hybridized carbons (Fsp3) is 0.250. The summed E-state index contributed by atoms with van der Waals surface area (Å²) < 4.78 is 35.1. The predicted octanol–water partition coefficient (Wildman–Crippen LogP) is 5.17. The van der Waals surface area contributed by atoms with Gasteiger partial charge in [0.2, 0.25) is 0 Å². The minimum Gasteiger partial charge on any atom is -0.374 e. The summed E-state index contributed by atoms with van der Waals surface area (Å²) in [6, 6.07) is 8.33. The number of benzene rings is 2. The van der Waals surface area contributed by atoms with E-state index in [4.69, 9.17) is 4.74 Å². The summed E-state index contributed by atoms with van der Waals surface area (Å²) in [6.45, 7) is 0.744. The van der Waals surface area contributed by atoms with E-state index in [-0.39, 0.29) is 28.1 Å². The summed E-state index contributed by atoms with van der Waals surface area (Å²) in [6.07, 6.45) is 5.14. The van der Waals surface area contributed by atoms with Crippen molar-refractivity contribution in [3.05, 3.63) is 59.3 Å². The minimum absolute atomic E-state index is 0.0475. The molecule has 3 nitrogen and oxygen atoms in total. The number of nitrogens with one attached hydrogen (secondary N) is 1. The maximum absolute atomic E-state index is 14.9. The molecule has 1 N–H and O–H groups in total. The minimum atomic E-state index is -0.722. The second-order valence-electron chi connectivity index (χ2n) is 6.31. The van der Waals surface area contributed by atoms with Crippen LogP contribution in [0.3, 0.4) is 0 Å². The lowest BCUT2D eigenvalue weighted by Gasteiger charge is -2.23. The van der Waals surface area contributed by atoms with Crippen molar-refractivity contribution >= 4 is 17.2 Å². The van der Waals surface area contributed by atoms with E-state index in [1.807, 2.05) is 12.1 Å². The Morgan fingerprint density at radius 3 is 2.64 bits per heavy atom. The summed E-state index contributed by atoms with van der Waals surface area (Å²) in [4.78, 5) is 13.8. The van der Waals surface area contributed by atoms with E-state index in [0.717, 1.165) is 31.4 Å². The summed E-state index contributed by atoms with van der Waals surface area (Å²) >= 11 is 0. The molecule has 1 aliphatic rings. The predicted molar refractivity (Wildman–Crippen MR) is 91.6 cm³/mol. The van der Waals surface area contributed by atoms with Crippen molar-refractivity contribution in [3.63, 3.8) is 0 Å².